The van der Waals surface area contributed by atoms with Gasteiger partial charge in [0.2, 0.25) is 0 Å². The van der Waals surface area contributed by atoms with E-state index in [4.69, 9.17) is 21.4 Å². The van der Waals surface area contributed by atoms with E-state index < -0.39 is 5.97 Å². The first-order valence-corrected chi connectivity index (χ1v) is 7.16. The maximum Gasteiger partial charge on any atom is 0.306 e. The molecule has 7 heteroatoms. The van der Waals surface area contributed by atoms with Crippen molar-refractivity contribution < 1.29 is 14.6 Å². The molecule has 1 N–H and O–H groups in total. The molecule has 2 heterocycles. The van der Waals surface area contributed by atoms with Crippen LogP contribution in [0.4, 0.5) is 0 Å². The molecule has 1 atom stereocenters. The molecule has 6 nitrogen and oxygen atoms in total. The molecule has 1 aliphatic heterocycles. The topological polar surface area (TPSA) is 67.6 Å². The van der Waals surface area contributed by atoms with Crippen LogP contribution in [0.1, 0.15) is 24.7 Å². The summed E-state index contributed by atoms with van der Waals surface area (Å²) >= 11 is 6.30. The number of aromatic nitrogens is 2. The summed E-state index contributed by atoms with van der Waals surface area (Å²) in [5, 5.41) is 13.9. The Morgan fingerprint density at radius 3 is 3.00 bits per heavy atom. The quantitative estimate of drug-likeness (QED) is 0.893. The van der Waals surface area contributed by atoms with Crippen LogP contribution >= 0.6 is 11.6 Å². The number of hydrogen-bond donors (Lipinski definition) is 1. The summed E-state index contributed by atoms with van der Waals surface area (Å²) in [5.74, 6) is -0.829. The lowest BCUT2D eigenvalue weighted by Gasteiger charge is -2.32. The maximum atomic E-state index is 10.8. The smallest absolute Gasteiger partial charge is 0.306 e. The predicted octanol–water partition coefficient (Wildman–Crippen LogP) is 1.54. The van der Waals surface area contributed by atoms with Crippen LogP contribution in [0, 0.1) is 6.92 Å². The lowest BCUT2D eigenvalue weighted by Crippen LogP contribution is -2.43. The highest BCUT2D eigenvalue weighted by Gasteiger charge is 2.24. The molecule has 2 rings (SSSR count). The lowest BCUT2D eigenvalue weighted by molar-refractivity contribution is -0.142. The van der Waals surface area contributed by atoms with Crippen molar-refractivity contribution in [2.24, 2.45) is 0 Å². The number of aliphatic carboxylic acids is 1. The number of carboxylic acid groups (broad SMARTS) is 1. The van der Waals surface area contributed by atoms with Gasteiger partial charge in [0.1, 0.15) is 0 Å². The molecular weight excluding hydrogens is 282 g/mol. The van der Waals surface area contributed by atoms with Crippen molar-refractivity contribution in [3.05, 3.63) is 16.4 Å². The fourth-order valence-electron chi connectivity index (χ4n) is 2.47. The summed E-state index contributed by atoms with van der Waals surface area (Å²) in [6.07, 6.45) is -0.213. The molecular formula is C13H20ClN3O3. The van der Waals surface area contributed by atoms with Gasteiger partial charge in [0.25, 0.3) is 0 Å². The van der Waals surface area contributed by atoms with Crippen LogP contribution in [0.15, 0.2) is 0 Å². The Bertz CT molecular complexity index is 489. The van der Waals surface area contributed by atoms with E-state index in [0.717, 1.165) is 24.5 Å². The lowest BCUT2D eigenvalue weighted by atomic mass is 10.2. The van der Waals surface area contributed by atoms with Crippen LogP contribution in [0.5, 0.6) is 0 Å². The van der Waals surface area contributed by atoms with Gasteiger partial charge < -0.3 is 9.84 Å². The van der Waals surface area contributed by atoms with E-state index in [-0.39, 0.29) is 12.5 Å². The Morgan fingerprint density at radius 1 is 1.60 bits per heavy atom. The average molecular weight is 302 g/mol. The van der Waals surface area contributed by atoms with Crippen molar-refractivity contribution in [1.29, 1.82) is 0 Å². The molecule has 1 fully saturated rings. The molecule has 112 valence electrons. The Kier molecular flexibility index (Phi) is 5.01. The standard InChI is InChI=1S/C13H20ClN3O3/c1-3-17-11(13(14)9(2)15-17)8-16-4-5-20-10(7-16)6-12(18)19/h10H,3-8H2,1-2H3,(H,18,19). The molecule has 0 bridgehead atoms. The molecule has 0 aromatic carbocycles. The molecule has 1 saturated heterocycles. The number of ether oxygens (including phenoxy) is 1. The zero-order valence-electron chi connectivity index (χ0n) is 11.8. The van der Waals surface area contributed by atoms with Crippen LogP contribution in [0.3, 0.4) is 0 Å². The largest absolute Gasteiger partial charge is 0.481 e. The van der Waals surface area contributed by atoms with Crippen molar-refractivity contribution in [2.45, 2.75) is 39.5 Å². The Labute approximate surface area is 123 Å². The minimum absolute atomic E-state index is 0.0380. The number of aryl methyl sites for hydroxylation is 2. The van der Waals surface area contributed by atoms with E-state index in [1.165, 1.54) is 0 Å². The van der Waals surface area contributed by atoms with Gasteiger partial charge in [0.15, 0.2) is 0 Å². The Morgan fingerprint density at radius 2 is 2.35 bits per heavy atom. The highest BCUT2D eigenvalue weighted by Crippen LogP contribution is 2.23. The van der Waals surface area contributed by atoms with Crippen molar-refractivity contribution >= 4 is 17.6 Å². The minimum Gasteiger partial charge on any atom is -0.481 e. The second-order valence-corrected chi connectivity index (χ2v) is 5.37. The Hall–Kier alpha value is -1.11. The van der Waals surface area contributed by atoms with Gasteiger partial charge in [-0.15, -0.1) is 0 Å². The number of carbonyl (C=O) groups is 1. The maximum absolute atomic E-state index is 10.8. The van der Waals surface area contributed by atoms with E-state index in [2.05, 4.69) is 10.00 Å². The van der Waals surface area contributed by atoms with Crippen LogP contribution in [0.2, 0.25) is 5.02 Å². The van der Waals surface area contributed by atoms with Gasteiger partial charge in [-0.1, -0.05) is 11.6 Å². The highest BCUT2D eigenvalue weighted by atomic mass is 35.5. The first-order valence-electron chi connectivity index (χ1n) is 6.78. The van der Waals surface area contributed by atoms with Crippen LogP contribution < -0.4 is 0 Å². The van der Waals surface area contributed by atoms with Crippen molar-refractivity contribution in [1.82, 2.24) is 14.7 Å². The van der Waals surface area contributed by atoms with Gasteiger partial charge in [-0.2, -0.15) is 5.10 Å². The zero-order valence-corrected chi connectivity index (χ0v) is 12.6. The van der Waals surface area contributed by atoms with E-state index in [1.54, 1.807) is 0 Å². The summed E-state index contributed by atoms with van der Waals surface area (Å²) < 4.78 is 7.37. The second kappa shape index (κ2) is 6.56. The fourth-order valence-corrected chi connectivity index (χ4v) is 2.67. The first-order chi connectivity index (χ1) is 9.51. The third-order valence-electron chi connectivity index (χ3n) is 3.45. The van der Waals surface area contributed by atoms with Gasteiger partial charge in [0.05, 0.1) is 35.5 Å². The van der Waals surface area contributed by atoms with Crippen LogP contribution in [-0.4, -0.2) is 51.6 Å². The molecule has 1 aliphatic rings. The molecule has 1 aromatic rings. The number of nitrogens with zero attached hydrogens (tertiary/aromatic N) is 3. The van der Waals surface area contributed by atoms with E-state index >= 15 is 0 Å². The number of carboxylic acids is 1. The molecule has 0 aliphatic carbocycles. The van der Waals surface area contributed by atoms with Crippen molar-refractivity contribution in [2.75, 3.05) is 19.7 Å². The molecule has 0 saturated carbocycles. The second-order valence-electron chi connectivity index (χ2n) is 4.99. The van der Waals surface area contributed by atoms with E-state index in [0.29, 0.717) is 24.7 Å². The molecule has 20 heavy (non-hydrogen) atoms. The van der Waals surface area contributed by atoms with E-state index in [9.17, 15) is 4.79 Å². The average Bonchev–Trinajstić information content (AvgIpc) is 2.66. The summed E-state index contributed by atoms with van der Waals surface area (Å²) in [4.78, 5) is 12.9. The molecule has 0 amide bonds. The third-order valence-corrected chi connectivity index (χ3v) is 3.94. The summed E-state index contributed by atoms with van der Waals surface area (Å²) in [5.41, 5.74) is 1.82. The van der Waals surface area contributed by atoms with Crippen molar-refractivity contribution in [3.8, 4) is 0 Å². The first kappa shape index (κ1) is 15.3. The van der Waals surface area contributed by atoms with Gasteiger partial charge in [-0.3, -0.25) is 14.4 Å². The molecule has 0 radical (unpaired) electrons. The van der Waals surface area contributed by atoms with Gasteiger partial charge >= 0.3 is 5.97 Å². The summed E-state index contributed by atoms with van der Waals surface area (Å²) in [7, 11) is 0. The number of hydrogen-bond acceptors (Lipinski definition) is 4. The highest BCUT2D eigenvalue weighted by molar-refractivity contribution is 6.31. The number of rotatable bonds is 5. The van der Waals surface area contributed by atoms with Gasteiger partial charge in [-0.05, 0) is 13.8 Å². The SMILES string of the molecule is CCn1nc(C)c(Cl)c1CN1CCOC(CC(=O)O)C1. The normalized spacial score (nSPS) is 20.2. The summed E-state index contributed by atoms with van der Waals surface area (Å²) in [6, 6.07) is 0. The minimum atomic E-state index is -0.829. The monoisotopic (exact) mass is 301 g/mol. The third kappa shape index (κ3) is 3.50. The number of morpholine rings is 1. The predicted molar refractivity (Wildman–Crippen MR) is 74.9 cm³/mol. The fraction of sp³-hybridized carbons (Fsp3) is 0.692. The molecule has 1 aromatic heterocycles. The van der Waals surface area contributed by atoms with Crippen LogP contribution in [-0.2, 0) is 22.6 Å². The zero-order chi connectivity index (χ0) is 14.7. The number of halogens is 1. The summed E-state index contributed by atoms with van der Waals surface area (Å²) in [6.45, 7) is 7.30. The van der Waals surface area contributed by atoms with Crippen LogP contribution in [0.25, 0.3) is 0 Å². The van der Waals surface area contributed by atoms with Crippen molar-refractivity contribution in [3.63, 3.8) is 0 Å². The molecule has 1 unspecified atom stereocenters. The van der Waals surface area contributed by atoms with E-state index in [1.807, 2.05) is 18.5 Å². The van der Waals surface area contributed by atoms with Gasteiger partial charge in [-0.25, -0.2) is 0 Å². The Balaban J connectivity index is 2.04. The molecule has 0 spiro atoms. The van der Waals surface area contributed by atoms with Gasteiger partial charge in [0, 0.05) is 26.2 Å².